The third-order valence-electron chi connectivity index (χ3n) is 9.26. The molecule has 2 heterocycles. The van der Waals surface area contributed by atoms with Gasteiger partial charge in [0.25, 0.3) is 5.91 Å². The van der Waals surface area contributed by atoms with Gasteiger partial charge in [-0.25, -0.2) is 0 Å². The maximum absolute atomic E-state index is 14.0. The van der Waals surface area contributed by atoms with Gasteiger partial charge in [-0.3, -0.25) is 14.4 Å². The van der Waals surface area contributed by atoms with Gasteiger partial charge in [0.05, 0.1) is 11.5 Å². The van der Waals surface area contributed by atoms with Crippen LogP contribution in [0.4, 0.5) is 0 Å². The summed E-state index contributed by atoms with van der Waals surface area (Å²) in [6, 6.07) is 12.5. The number of carbonyl (C=O) groups is 3. The van der Waals surface area contributed by atoms with Crippen LogP contribution in [0.3, 0.4) is 0 Å². The van der Waals surface area contributed by atoms with Crippen LogP contribution in [0.2, 0.25) is 0 Å². The molecule has 3 unspecified atom stereocenters. The first-order chi connectivity index (χ1) is 21.2. The van der Waals surface area contributed by atoms with E-state index in [1.54, 1.807) is 24.3 Å². The molecule has 1 amide bonds. The summed E-state index contributed by atoms with van der Waals surface area (Å²) in [5.74, 6) is -3.69. The molecule has 0 bridgehead atoms. The van der Waals surface area contributed by atoms with Crippen molar-refractivity contribution in [1.29, 1.82) is 0 Å². The van der Waals surface area contributed by atoms with Gasteiger partial charge in [-0.15, -0.1) is 0 Å². The molecule has 3 aliphatic carbocycles. The zero-order valence-corrected chi connectivity index (χ0v) is 23.1. The highest BCUT2D eigenvalue weighted by Crippen LogP contribution is 2.54. The molecule has 222 valence electrons. The SMILES string of the molecule is NC(=O)C1=C(O)C2C(=O)C3=C(O)c4c(O)c(-c5ccc6c(c5)OCO6)cc(-c5ccc6c(c5)OCO6)c4CC3CC2CC1=O. The van der Waals surface area contributed by atoms with Gasteiger partial charge in [-0.2, -0.15) is 0 Å². The number of fused-ring (bicyclic) bond motifs is 5. The summed E-state index contributed by atoms with van der Waals surface area (Å²) in [6.07, 6.45) is 0.436. The van der Waals surface area contributed by atoms with Gasteiger partial charge in [-0.1, -0.05) is 12.1 Å². The van der Waals surface area contributed by atoms with Crippen LogP contribution in [0.15, 0.2) is 59.4 Å². The second-order valence-corrected chi connectivity index (χ2v) is 11.6. The second kappa shape index (κ2) is 9.27. The molecule has 5 aliphatic rings. The summed E-state index contributed by atoms with van der Waals surface area (Å²) >= 11 is 0. The lowest BCUT2D eigenvalue weighted by Gasteiger charge is -2.41. The quantitative estimate of drug-likeness (QED) is 0.323. The second-order valence-electron chi connectivity index (χ2n) is 11.6. The first-order valence-corrected chi connectivity index (χ1v) is 14.1. The third kappa shape index (κ3) is 3.65. The number of phenolic OH excluding ortho intramolecular Hbond substituents is 1. The van der Waals surface area contributed by atoms with Crippen LogP contribution in [0, 0.1) is 17.8 Å². The number of aliphatic hydroxyl groups excluding tert-OH is 2. The Morgan fingerprint density at radius 1 is 0.795 bits per heavy atom. The number of primary amides is 1. The lowest BCUT2D eigenvalue weighted by molar-refractivity contribution is -0.127. The minimum absolute atomic E-state index is 0.0400. The normalized spacial score (nSPS) is 23.0. The number of ketones is 2. The Labute approximate surface area is 249 Å². The maximum atomic E-state index is 14.0. The molecule has 0 spiro atoms. The molecule has 0 saturated heterocycles. The van der Waals surface area contributed by atoms with Crippen LogP contribution in [-0.4, -0.2) is 46.4 Å². The topological polar surface area (TPSA) is 175 Å². The predicted molar refractivity (Wildman–Crippen MR) is 153 cm³/mol. The molecule has 3 atom stereocenters. The smallest absolute Gasteiger partial charge is 0.255 e. The Hall–Kier alpha value is -5.45. The van der Waals surface area contributed by atoms with Gasteiger partial charge in [-0.05, 0) is 77.3 Å². The fraction of sp³-hybridized carbons (Fsp3) is 0.242. The Balaban J connectivity index is 1.34. The highest BCUT2D eigenvalue weighted by molar-refractivity contribution is 6.21. The molecule has 44 heavy (non-hydrogen) atoms. The summed E-state index contributed by atoms with van der Waals surface area (Å²) in [4.78, 5) is 38.6. The molecule has 2 aliphatic heterocycles. The Bertz CT molecular complexity index is 1920. The molecule has 0 radical (unpaired) electrons. The molecule has 1 saturated carbocycles. The molecule has 3 aromatic carbocycles. The van der Waals surface area contributed by atoms with E-state index in [9.17, 15) is 29.7 Å². The number of phenols is 1. The average Bonchev–Trinajstić information content (AvgIpc) is 3.65. The largest absolute Gasteiger partial charge is 0.511 e. The highest BCUT2D eigenvalue weighted by Gasteiger charge is 2.51. The first-order valence-electron chi connectivity index (χ1n) is 14.1. The van der Waals surface area contributed by atoms with Gasteiger partial charge < -0.3 is 40.0 Å². The van der Waals surface area contributed by atoms with Crippen molar-refractivity contribution in [2.75, 3.05) is 13.6 Å². The number of allylic oxidation sites excluding steroid dienone is 2. The molecular formula is C33H25NO10. The number of ether oxygens (including phenoxy) is 4. The number of nitrogens with two attached hydrogens (primary N) is 1. The fourth-order valence-corrected chi connectivity index (χ4v) is 7.31. The molecule has 1 fully saturated rings. The van der Waals surface area contributed by atoms with Crippen molar-refractivity contribution in [3.8, 4) is 51.0 Å². The Morgan fingerprint density at radius 3 is 2.05 bits per heavy atom. The predicted octanol–water partition coefficient (Wildman–Crippen LogP) is 4.10. The van der Waals surface area contributed by atoms with E-state index >= 15 is 0 Å². The van der Waals surface area contributed by atoms with Crippen LogP contribution in [-0.2, 0) is 20.8 Å². The number of Topliss-reactive ketones (excluding diaryl/α,β-unsaturated/α-hetero) is 2. The third-order valence-corrected chi connectivity index (χ3v) is 9.26. The van der Waals surface area contributed by atoms with Crippen molar-refractivity contribution < 1.29 is 48.7 Å². The van der Waals surface area contributed by atoms with Crippen molar-refractivity contribution in [2.24, 2.45) is 23.5 Å². The van der Waals surface area contributed by atoms with Crippen molar-refractivity contribution in [2.45, 2.75) is 19.3 Å². The van der Waals surface area contributed by atoms with E-state index in [0.29, 0.717) is 51.7 Å². The van der Waals surface area contributed by atoms with Crippen LogP contribution >= 0.6 is 0 Å². The van der Waals surface area contributed by atoms with Crippen LogP contribution in [0.1, 0.15) is 24.0 Å². The summed E-state index contributed by atoms with van der Waals surface area (Å²) in [5.41, 5.74) is 7.92. The van der Waals surface area contributed by atoms with E-state index in [0.717, 1.165) is 5.56 Å². The fourth-order valence-electron chi connectivity index (χ4n) is 7.31. The van der Waals surface area contributed by atoms with Gasteiger partial charge >= 0.3 is 0 Å². The van der Waals surface area contributed by atoms with Crippen molar-refractivity contribution in [3.05, 3.63) is 70.5 Å². The van der Waals surface area contributed by atoms with E-state index < -0.39 is 52.3 Å². The maximum Gasteiger partial charge on any atom is 0.255 e. The summed E-state index contributed by atoms with van der Waals surface area (Å²) in [6.45, 7) is 0.159. The van der Waals surface area contributed by atoms with Crippen LogP contribution < -0.4 is 24.7 Å². The van der Waals surface area contributed by atoms with E-state index in [1.165, 1.54) is 0 Å². The first kappa shape index (κ1) is 26.2. The van der Waals surface area contributed by atoms with Gasteiger partial charge in [0.15, 0.2) is 34.6 Å². The van der Waals surface area contributed by atoms with Gasteiger partial charge in [0.1, 0.15) is 22.8 Å². The monoisotopic (exact) mass is 595 g/mol. The van der Waals surface area contributed by atoms with Crippen LogP contribution in [0.5, 0.6) is 28.7 Å². The number of hydrogen-bond donors (Lipinski definition) is 4. The number of aromatic hydroxyl groups is 1. The minimum atomic E-state index is -1.20. The number of amides is 1. The molecule has 0 aromatic heterocycles. The van der Waals surface area contributed by atoms with Gasteiger partial charge in [0, 0.05) is 17.6 Å². The zero-order valence-electron chi connectivity index (χ0n) is 23.1. The molecule has 11 heteroatoms. The molecular weight excluding hydrogens is 570 g/mol. The average molecular weight is 596 g/mol. The molecule has 3 aromatic rings. The Morgan fingerprint density at radius 2 is 1.41 bits per heavy atom. The van der Waals surface area contributed by atoms with E-state index in [4.69, 9.17) is 24.7 Å². The zero-order chi connectivity index (χ0) is 30.4. The van der Waals surface area contributed by atoms with E-state index in [-0.39, 0.29) is 43.3 Å². The van der Waals surface area contributed by atoms with Crippen molar-refractivity contribution in [1.82, 2.24) is 0 Å². The summed E-state index contributed by atoms with van der Waals surface area (Å²) in [7, 11) is 0. The summed E-state index contributed by atoms with van der Waals surface area (Å²) in [5, 5.41) is 34.5. The standard InChI is InChI=1S/C33H25NO10/c34-33(40)28-20(35)7-16-5-15-6-19-17(13-1-3-21-23(8-13)43-11-41-21)10-18(14-2-4-22-24(9-14)44-12-42-22)29(36)27(19)31(38)25(15)30(37)26(16)32(28)39/h1-4,8-10,15-16,26,36,38-39H,5-7,11-12H2,(H2,34,40). The highest BCUT2D eigenvalue weighted by atomic mass is 16.7. The number of aliphatic hydroxyl groups is 2. The number of benzene rings is 3. The molecule has 5 N–H and O–H groups in total. The minimum Gasteiger partial charge on any atom is -0.511 e. The van der Waals surface area contributed by atoms with Crippen LogP contribution in [0.25, 0.3) is 28.0 Å². The number of carbonyl (C=O) groups excluding carboxylic acids is 3. The molecule has 8 rings (SSSR count). The lowest BCUT2D eigenvalue weighted by Crippen LogP contribution is -2.44. The Kier molecular flexibility index (Phi) is 5.52. The van der Waals surface area contributed by atoms with E-state index in [2.05, 4.69) is 0 Å². The number of rotatable bonds is 3. The van der Waals surface area contributed by atoms with E-state index in [1.807, 2.05) is 18.2 Å². The lowest BCUT2D eigenvalue weighted by atomic mass is 9.61. The molecule has 11 nitrogen and oxygen atoms in total. The summed E-state index contributed by atoms with van der Waals surface area (Å²) < 4.78 is 22.1. The number of hydrogen-bond acceptors (Lipinski definition) is 10. The van der Waals surface area contributed by atoms with Gasteiger partial charge in [0.2, 0.25) is 13.6 Å². The van der Waals surface area contributed by atoms with Crippen molar-refractivity contribution in [3.63, 3.8) is 0 Å². The van der Waals surface area contributed by atoms with Crippen molar-refractivity contribution >= 4 is 23.2 Å².